The van der Waals surface area contributed by atoms with Crippen molar-refractivity contribution in [2.45, 2.75) is 24.5 Å². The molecule has 0 saturated carbocycles. The van der Waals surface area contributed by atoms with E-state index in [9.17, 15) is 4.79 Å². The molecule has 0 aliphatic carbocycles. The lowest BCUT2D eigenvalue weighted by Crippen LogP contribution is -2.22. The van der Waals surface area contributed by atoms with Crippen molar-refractivity contribution in [1.29, 1.82) is 0 Å². The number of rotatable bonds is 4. The first-order valence-corrected chi connectivity index (χ1v) is 7.27. The number of benzene rings is 1. The number of hydrogen-bond acceptors (Lipinski definition) is 4. The van der Waals surface area contributed by atoms with Gasteiger partial charge in [-0.3, -0.25) is 4.79 Å². The molecule has 5 heteroatoms. The zero-order valence-electron chi connectivity index (χ0n) is 10.3. The molecule has 0 spiro atoms. The fraction of sp³-hybridized carbons (Fsp3) is 0.462. The molecule has 0 aromatic heterocycles. The van der Waals surface area contributed by atoms with Gasteiger partial charge >= 0.3 is 0 Å². The topological polar surface area (TPSA) is 81.1 Å². The fourth-order valence-electron chi connectivity index (χ4n) is 2.16. The van der Waals surface area contributed by atoms with E-state index in [2.05, 4.69) is 5.32 Å². The summed E-state index contributed by atoms with van der Waals surface area (Å²) in [6.45, 7) is 0.832. The van der Waals surface area contributed by atoms with Gasteiger partial charge in [-0.25, -0.2) is 0 Å². The lowest BCUT2D eigenvalue weighted by atomic mass is 10.1. The molecule has 98 valence electrons. The van der Waals surface area contributed by atoms with Crippen LogP contribution in [0.2, 0.25) is 0 Å². The summed E-state index contributed by atoms with van der Waals surface area (Å²) in [6.07, 6.45) is 3.81. The van der Waals surface area contributed by atoms with E-state index in [1.165, 1.54) is 25.0 Å². The molecule has 1 aromatic rings. The monoisotopic (exact) mass is 265 g/mol. The van der Waals surface area contributed by atoms with E-state index in [-0.39, 0.29) is 0 Å². The number of primary amides is 1. The van der Waals surface area contributed by atoms with Gasteiger partial charge in [0.15, 0.2) is 0 Å². The Kier molecular flexibility index (Phi) is 4.36. The van der Waals surface area contributed by atoms with Gasteiger partial charge in [-0.15, -0.1) is 0 Å². The number of nitrogens with one attached hydrogen (secondary N) is 1. The molecule has 18 heavy (non-hydrogen) atoms. The van der Waals surface area contributed by atoms with Crippen LogP contribution in [0.4, 0.5) is 11.4 Å². The summed E-state index contributed by atoms with van der Waals surface area (Å²) in [7, 11) is 0. The first-order chi connectivity index (χ1) is 8.68. The van der Waals surface area contributed by atoms with Crippen molar-refractivity contribution in [2.24, 2.45) is 5.73 Å². The number of hydrogen-bond donors (Lipinski definition) is 3. The van der Waals surface area contributed by atoms with Crippen LogP contribution in [-0.4, -0.2) is 23.5 Å². The smallest absolute Gasteiger partial charge is 0.250 e. The quantitative estimate of drug-likeness (QED) is 0.728. The van der Waals surface area contributed by atoms with E-state index in [0.29, 0.717) is 22.2 Å². The third-order valence-electron chi connectivity index (χ3n) is 3.14. The lowest BCUT2D eigenvalue weighted by Gasteiger charge is -2.23. The Morgan fingerprint density at radius 3 is 2.94 bits per heavy atom. The second kappa shape index (κ2) is 6.00. The van der Waals surface area contributed by atoms with Crippen LogP contribution in [0.1, 0.15) is 29.6 Å². The maximum atomic E-state index is 11.3. The molecule has 1 aromatic carbocycles. The molecule has 1 aliphatic rings. The van der Waals surface area contributed by atoms with Crippen molar-refractivity contribution in [3.8, 4) is 0 Å². The molecule has 1 fully saturated rings. The van der Waals surface area contributed by atoms with Gasteiger partial charge in [0.05, 0.1) is 16.9 Å². The van der Waals surface area contributed by atoms with Crippen molar-refractivity contribution in [1.82, 2.24) is 0 Å². The Hall–Kier alpha value is -1.36. The van der Waals surface area contributed by atoms with Gasteiger partial charge in [0, 0.05) is 11.8 Å². The predicted octanol–water partition coefficient (Wildman–Crippen LogP) is 2.07. The summed E-state index contributed by atoms with van der Waals surface area (Å²) in [5.74, 6) is 0.778. The highest BCUT2D eigenvalue weighted by Gasteiger charge is 2.16. The van der Waals surface area contributed by atoms with E-state index in [4.69, 9.17) is 11.5 Å². The van der Waals surface area contributed by atoms with Crippen LogP contribution in [0, 0.1) is 0 Å². The fourth-order valence-corrected chi connectivity index (χ4v) is 3.40. The molecule has 1 unspecified atom stereocenters. The normalized spacial score (nSPS) is 19.4. The highest BCUT2D eigenvalue weighted by Crippen LogP contribution is 2.28. The molecule has 0 radical (unpaired) electrons. The van der Waals surface area contributed by atoms with Gasteiger partial charge in [-0.2, -0.15) is 11.8 Å². The number of anilines is 2. The summed E-state index contributed by atoms with van der Waals surface area (Å²) < 4.78 is 0. The molecule has 1 saturated heterocycles. The van der Waals surface area contributed by atoms with Crippen LogP contribution in [0.15, 0.2) is 18.2 Å². The largest absolute Gasteiger partial charge is 0.397 e. The minimum absolute atomic E-state index is 0.443. The van der Waals surface area contributed by atoms with Crippen LogP contribution in [0.5, 0.6) is 0 Å². The van der Waals surface area contributed by atoms with Gasteiger partial charge in [-0.05, 0) is 30.7 Å². The molecule has 2 rings (SSSR count). The van der Waals surface area contributed by atoms with E-state index in [1.54, 1.807) is 18.2 Å². The predicted molar refractivity (Wildman–Crippen MR) is 78.0 cm³/mol. The number of nitrogens with two attached hydrogens (primary N) is 2. The molecule has 1 heterocycles. The van der Waals surface area contributed by atoms with Crippen molar-refractivity contribution in [3.05, 3.63) is 23.8 Å². The van der Waals surface area contributed by atoms with E-state index in [1.807, 2.05) is 11.8 Å². The highest BCUT2D eigenvalue weighted by atomic mass is 32.2. The molecule has 1 amide bonds. The molecule has 4 nitrogen and oxygen atoms in total. The summed E-state index contributed by atoms with van der Waals surface area (Å²) in [5, 5.41) is 3.88. The minimum atomic E-state index is -0.443. The molecule has 5 N–H and O–H groups in total. The number of nitrogen functional groups attached to an aromatic ring is 1. The second-order valence-electron chi connectivity index (χ2n) is 4.50. The Morgan fingerprint density at radius 1 is 1.44 bits per heavy atom. The van der Waals surface area contributed by atoms with E-state index >= 15 is 0 Å². The van der Waals surface area contributed by atoms with Crippen molar-refractivity contribution >= 4 is 29.0 Å². The Labute approximate surface area is 111 Å². The number of carbonyl (C=O) groups excluding carboxylic acids is 1. The van der Waals surface area contributed by atoms with Gasteiger partial charge < -0.3 is 16.8 Å². The SMILES string of the molecule is NC(=O)c1cccc(N)c1NCC1CCCCS1. The van der Waals surface area contributed by atoms with Crippen LogP contribution in [0.25, 0.3) is 0 Å². The van der Waals surface area contributed by atoms with Crippen molar-refractivity contribution in [3.63, 3.8) is 0 Å². The van der Waals surface area contributed by atoms with Crippen molar-refractivity contribution in [2.75, 3.05) is 23.3 Å². The van der Waals surface area contributed by atoms with Crippen LogP contribution in [-0.2, 0) is 0 Å². The maximum Gasteiger partial charge on any atom is 0.250 e. The zero-order chi connectivity index (χ0) is 13.0. The summed E-state index contributed by atoms with van der Waals surface area (Å²) in [4.78, 5) is 11.3. The standard InChI is InChI=1S/C13H19N3OS/c14-11-6-3-5-10(13(15)17)12(11)16-8-9-4-1-2-7-18-9/h3,5-6,9,16H,1-2,4,7-8,14H2,(H2,15,17). The Morgan fingerprint density at radius 2 is 2.28 bits per heavy atom. The van der Waals surface area contributed by atoms with Crippen LogP contribution < -0.4 is 16.8 Å². The zero-order valence-corrected chi connectivity index (χ0v) is 11.1. The number of amides is 1. The summed E-state index contributed by atoms with van der Waals surface area (Å²) in [6, 6.07) is 5.23. The van der Waals surface area contributed by atoms with Crippen molar-refractivity contribution < 1.29 is 4.79 Å². The molecule has 1 atom stereocenters. The van der Waals surface area contributed by atoms with Gasteiger partial charge in [-0.1, -0.05) is 12.5 Å². The van der Waals surface area contributed by atoms with E-state index in [0.717, 1.165) is 6.54 Å². The van der Waals surface area contributed by atoms with Crippen LogP contribution in [0.3, 0.4) is 0 Å². The molecular formula is C13H19N3OS. The highest BCUT2D eigenvalue weighted by molar-refractivity contribution is 7.99. The van der Waals surface area contributed by atoms with Crippen LogP contribution >= 0.6 is 11.8 Å². The molecule has 0 bridgehead atoms. The van der Waals surface area contributed by atoms with Gasteiger partial charge in [0.2, 0.25) is 0 Å². The third kappa shape index (κ3) is 3.10. The number of para-hydroxylation sites is 1. The summed E-state index contributed by atoms with van der Waals surface area (Å²) >= 11 is 1.98. The number of carbonyl (C=O) groups is 1. The Bertz CT molecular complexity index is 430. The van der Waals surface area contributed by atoms with Gasteiger partial charge in [0.25, 0.3) is 5.91 Å². The average molecular weight is 265 g/mol. The first kappa shape index (κ1) is 13.1. The Balaban J connectivity index is 2.05. The van der Waals surface area contributed by atoms with E-state index < -0.39 is 5.91 Å². The minimum Gasteiger partial charge on any atom is -0.397 e. The summed E-state index contributed by atoms with van der Waals surface area (Å²) in [5.41, 5.74) is 13.0. The first-order valence-electron chi connectivity index (χ1n) is 6.22. The average Bonchev–Trinajstić information content (AvgIpc) is 2.38. The second-order valence-corrected chi connectivity index (χ2v) is 5.91. The maximum absolute atomic E-state index is 11.3. The third-order valence-corrected chi connectivity index (χ3v) is 4.54. The van der Waals surface area contributed by atoms with Gasteiger partial charge in [0.1, 0.15) is 0 Å². The molecular weight excluding hydrogens is 246 g/mol. The molecule has 1 aliphatic heterocycles. The number of thioether (sulfide) groups is 1. The lowest BCUT2D eigenvalue weighted by molar-refractivity contribution is 0.100.